The van der Waals surface area contributed by atoms with Gasteiger partial charge < -0.3 is 5.11 Å². The molecule has 0 atom stereocenters. The molecule has 0 fully saturated rings. The molecule has 0 bridgehead atoms. The lowest BCUT2D eigenvalue weighted by molar-refractivity contribution is 0.476. The number of aromatic hydroxyl groups is 1. The molecule has 62 valence electrons. The van der Waals surface area contributed by atoms with Gasteiger partial charge in [-0.05, 0) is 34.7 Å². The molecule has 2 aromatic rings. The van der Waals surface area contributed by atoms with Gasteiger partial charge >= 0.3 is 0 Å². The highest BCUT2D eigenvalue weighted by Gasteiger charge is 2.05. The van der Waals surface area contributed by atoms with Crippen LogP contribution in [0.3, 0.4) is 0 Å². The number of aromatic nitrogens is 2. The lowest BCUT2D eigenvalue weighted by Crippen LogP contribution is -1.88. The maximum Gasteiger partial charge on any atom is 0.131 e. The maximum absolute atomic E-state index is 9.22. The van der Waals surface area contributed by atoms with Crippen molar-refractivity contribution in [3.8, 4) is 5.75 Å². The Morgan fingerprint density at radius 1 is 1.50 bits per heavy atom. The van der Waals surface area contributed by atoms with Gasteiger partial charge in [0.2, 0.25) is 0 Å². The Morgan fingerprint density at radius 2 is 2.25 bits per heavy atom. The quantitative estimate of drug-likeness (QED) is 0.745. The summed E-state index contributed by atoms with van der Waals surface area (Å²) in [5.41, 5.74) is 0.958. The molecule has 0 spiro atoms. The molecule has 0 radical (unpaired) electrons. The molecule has 1 aromatic carbocycles. The highest BCUT2D eigenvalue weighted by atomic mass is 127. The van der Waals surface area contributed by atoms with E-state index in [1.54, 1.807) is 16.8 Å². The Hall–Kier alpha value is -0.780. The maximum atomic E-state index is 9.22. The van der Waals surface area contributed by atoms with Crippen LogP contribution in [0, 0.1) is 3.70 Å². The number of phenols is 1. The fourth-order valence-electron chi connectivity index (χ4n) is 1.20. The van der Waals surface area contributed by atoms with Crippen LogP contribution >= 0.6 is 22.6 Å². The van der Waals surface area contributed by atoms with Gasteiger partial charge in [0.15, 0.2) is 0 Å². The van der Waals surface area contributed by atoms with Crippen molar-refractivity contribution in [1.29, 1.82) is 0 Å². The molecule has 1 N–H and O–H groups in total. The minimum absolute atomic E-state index is 0.280. The summed E-state index contributed by atoms with van der Waals surface area (Å²) < 4.78 is 2.72. The van der Waals surface area contributed by atoms with Crippen LogP contribution in [0.5, 0.6) is 5.75 Å². The Morgan fingerprint density at radius 3 is 3.00 bits per heavy atom. The number of hydrogen-bond acceptors (Lipinski definition) is 2. The minimum atomic E-state index is 0.280. The van der Waals surface area contributed by atoms with Crippen LogP contribution in [0.25, 0.3) is 10.9 Å². The normalized spacial score (nSPS) is 10.8. The van der Waals surface area contributed by atoms with Crippen molar-refractivity contribution < 1.29 is 5.11 Å². The summed E-state index contributed by atoms with van der Waals surface area (Å²) in [6.45, 7) is 0. The van der Waals surface area contributed by atoms with Gasteiger partial charge in [-0.3, -0.25) is 4.68 Å². The molecule has 0 saturated heterocycles. The van der Waals surface area contributed by atoms with Crippen molar-refractivity contribution in [2.75, 3.05) is 0 Å². The van der Waals surface area contributed by atoms with Crippen molar-refractivity contribution in [2.24, 2.45) is 7.05 Å². The molecule has 0 aliphatic rings. The second kappa shape index (κ2) is 2.62. The average Bonchev–Trinajstić information content (AvgIpc) is 2.28. The van der Waals surface area contributed by atoms with Crippen molar-refractivity contribution in [3.05, 3.63) is 21.9 Å². The molecule has 0 aliphatic heterocycles. The van der Waals surface area contributed by atoms with E-state index in [2.05, 4.69) is 27.7 Å². The van der Waals surface area contributed by atoms with Gasteiger partial charge in [-0.25, -0.2) is 0 Å². The molecule has 0 saturated carbocycles. The first-order valence-corrected chi connectivity index (χ1v) is 4.57. The fourth-order valence-corrected chi connectivity index (χ4v) is 1.98. The zero-order valence-corrected chi connectivity index (χ0v) is 8.61. The van der Waals surface area contributed by atoms with Crippen LogP contribution < -0.4 is 0 Å². The number of fused-ring (bicyclic) bond motifs is 1. The molecule has 1 heterocycles. The third-order valence-corrected chi connectivity index (χ3v) is 2.59. The summed E-state index contributed by atoms with van der Waals surface area (Å²) in [7, 11) is 1.87. The zero-order valence-electron chi connectivity index (χ0n) is 6.45. The number of rotatable bonds is 0. The van der Waals surface area contributed by atoms with Gasteiger partial charge in [0, 0.05) is 18.5 Å². The average molecular weight is 274 g/mol. The molecule has 4 heteroatoms. The van der Waals surface area contributed by atoms with E-state index < -0.39 is 0 Å². The first-order chi connectivity index (χ1) is 5.68. The number of phenolic OH excluding ortho intramolecular Hbond substituents is 1. The first-order valence-electron chi connectivity index (χ1n) is 3.50. The zero-order chi connectivity index (χ0) is 8.72. The minimum Gasteiger partial charge on any atom is -0.508 e. The van der Waals surface area contributed by atoms with Gasteiger partial charge in [-0.2, -0.15) is 5.10 Å². The first kappa shape index (κ1) is 7.85. The van der Waals surface area contributed by atoms with Gasteiger partial charge in [-0.1, -0.05) is 0 Å². The third-order valence-electron chi connectivity index (χ3n) is 1.79. The number of aryl methyl sites for hydroxylation is 1. The predicted molar refractivity (Wildman–Crippen MR) is 55.1 cm³/mol. The molecule has 12 heavy (non-hydrogen) atoms. The van der Waals surface area contributed by atoms with Crippen molar-refractivity contribution in [2.45, 2.75) is 0 Å². The fraction of sp³-hybridized carbons (Fsp3) is 0.125. The van der Waals surface area contributed by atoms with Crippen LogP contribution in [0.1, 0.15) is 0 Å². The van der Waals surface area contributed by atoms with E-state index >= 15 is 0 Å². The molecular formula is C8H7IN2O. The largest absolute Gasteiger partial charge is 0.508 e. The summed E-state index contributed by atoms with van der Waals surface area (Å²) in [5, 5.41) is 14.5. The molecule has 1 aromatic heterocycles. The predicted octanol–water partition coefficient (Wildman–Crippen LogP) is 1.88. The second-order valence-corrected chi connectivity index (χ2v) is 3.64. The lowest BCUT2D eigenvalue weighted by Gasteiger charge is -1.93. The van der Waals surface area contributed by atoms with E-state index in [1.165, 1.54) is 0 Å². The van der Waals surface area contributed by atoms with Crippen molar-refractivity contribution in [1.82, 2.24) is 9.78 Å². The van der Waals surface area contributed by atoms with Crippen LogP contribution in [0.15, 0.2) is 18.2 Å². The molecular weight excluding hydrogens is 267 g/mol. The van der Waals surface area contributed by atoms with Crippen LogP contribution in [0.4, 0.5) is 0 Å². The summed E-state index contributed by atoms with van der Waals surface area (Å²) in [5.74, 6) is 0.280. The highest BCUT2D eigenvalue weighted by molar-refractivity contribution is 14.1. The standard InChI is InChI=1S/C8H7IN2O/c1-11-7-4-5(12)2-3-6(7)8(9)10-11/h2-4,12H,1H3. The number of hydrogen-bond donors (Lipinski definition) is 1. The molecule has 0 amide bonds. The van der Waals surface area contributed by atoms with Crippen LogP contribution in [-0.4, -0.2) is 14.9 Å². The van der Waals surface area contributed by atoms with E-state index in [0.717, 1.165) is 14.6 Å². The van der Waals surface area contributed by atoms with Crippen LogP contribution in [0.2, 0.25) is 0 Å². The van der Waals surface area contributed by atoms with E-state index in [0.29, 0.717) is 0 Å². The van der Waals surface area contributed by atoms with Gasteiger partial charge in [-0.15, -0.1) is 0 Å². The van der Waals surface area contributed by atoms with E-state index in [9.17, 15) is 5.11 Å². The summed E-state index contributed by atoms with van der Waals surface area (Å²) in [6, 6.07) is 5.26. The van der Waals surface area contributed by atoms with E-state index in [4.69, 9.17) is 0 Å². The summed E-state index contributed by atoms with van der Waals surface area (Å²) >= 11 is 2.18. The number of nitrogens with zero attached hydrogens (tertiary/aromatic N) is 2. The van der Waals surface area contributed by atoms with Crippen molar-refractivity contribution in [3.63, 3.8) is 0 Å². The van der Waals surface area contributed by atoms with Crippen LogP contribution in [-0.2, 0) is 7.05 Å². The van der Waals surface area contributed by atoms with Gasteiger partial charge in [0.25, 0.3) is 0 Å². The van der Waals surface area contributed by atoms with E-state index in [-0.39, 0.29) is 5.75 Å². The monoisotopic (exact) mass is 274 g/mol. The lowest BCUT2D eigenvalue weighted by atomic mass is 10.2. The Bertz CT molecular complexity index is 436. The third kappa shape index (κ3) is 1.06. The topological polar surface area (TPSA) is 38.0 Å². The molecule has 0 aliphatic carbocycles. The molecule has 3 nitrogen and oxygen atoms in total. The summed E-state index contributed by atoms with van der Waals surface area (Å²) in [4.78, 5) is 0. The van der Waals surface area contributed by atoms with Crippen molar-refractivity contribution >= 4 is 33.5 Å². The highest BCUT2D eigenvalue weighted by Crippen LogP contribution is 2.23. The van der Waals surface area contributed by atoms with Gasteiger partial charge in [0.05, 0.1) is 5.52 Å². The SMILES string of the molecule is Cn1nc(I)c2ccc(O)cc21. The second-order valence-electron chi connectivity index (χ2n) is 2.62. The Kier molecular flexibility index (Phi) is 1.71. The Balaban J connectivity index is 2.90. The van der Waals surface area contributed by atoms with E-state index in [1.807, 2.05) is 13.1 Å². The Labute approximate surface area is 83.1 Å². The van der Waals surface area contributed by atoms with Gasteiger partial charge in [0.1, 0.15) is 9.45 Å². The summed E-state index contributed by atoms with van der Waals surface area (Å²) in [6.07, 6.45) is 0. The molecule has 2 rings (SSSR count). The number of benzene rings is 1. The number of halogens is 1. The smallest absolute Gasteiger partial charge is 0.131 e. The molecule has 0 unspecified atom stereocenters.